The summed E-state index contributed by atoms with van der Waals surface area (Å²) >= 11 is 0. The predicted molar refractivity (Wildman–Crippen MR) is 87.7 cm³/mol. The molecule has 1 saturated carbocycles. The highest BCUT2D eigenvalue weighted by Gasteiger charge is 2.34. The zero-order chi connectivity index (χ0) is 16.2. The van der Waals surface area contributed by atoms with Crippen molar-refractivity contribution in [1.82, 2.24) is 10.2 Å². The van der Waals surface area contributed by atoms with Crippen LogP contribution in [0.3, 0.4) is 0 Å². The van der Waals surface area contributed by atoms with Gasteiger partial charge in [-0.05, 0) is 31.4 Å². The van der Waals surface area contributed by atoms with Gasteiger partial charge in [-0.25, -0.2) is 0 Å². The van der Waals surface area contributed by atoms with Crippen LogP contribution in [0.15, 0.2) is 30.3 Å². The Morgan fingerprint density at radius 3 is 2.43 bits per heavy atom. The number of benzene rings is 1. The maximum Gasteiger partial charge on any atom is 0.225 e. The summed E-state index contributed by atoms with van der Waals surface area (Å²) in [6.07, 6.45) is 0.832. The summed E-state index contributed by atoms with van der Waals surface area (Å²) in [6.45, 7) is 3.23. The third kappa shape index (κ3) is 4.02. The van der Waals surface area contributed by atoms with Crippen LogP contribution in [0.25, 0.3) is 0 Å². The van der Waals surface area contributed by atoms with Gasteiger partial charge in [-0.1, -0.05) is 18.2 Å². The van der Waals surface area contributed by atoms with Crippen molar-refractivity contribution in [2.75, 3.05) is 31.1 Å². The van der Waals surface area contributed by atoms with Crippen LogP contribution in [0.2, 0.25) is 0 Å². The average molecular weight is 319 g/mol. The number of anilines is 1. The van der Waals surface area contributed by atoms with Gasteiger partial charge in [-0.15, -0.1) is 0 Å². The fraction of sp³-hybridized carbons (Fsp3) is 0.588. The van der Waals surface area contributed by atoms with Crippen LogP contribution in [0, 0.1) is 5.92 Å². The SMILES string of the molecule is O=C([C@H]1CC[C@H](NC(O)O)C1)N1CCN(c2ccccc2)CC1. The molecule has 0 spiro atoms. The number of aliphatic hydroxyl groups excluding tert-OH is 1. The Morgan fingerprint density at radius 2 is 1.78 bits per heavy atom. The molecule has 3 N–H and O–H groups in total. The number of hydrogen-bond donors (Lipinski definition) is 3. The number of para-hydroxylation sites is 1. The molecule has 0 unspecified atom stereocenters. The Kier molecular flexibility index (Phi) is 5.15. The number of rotatable bonds is 4. The van der Waals surface area contributed by atoms with Crippen LogP contribution in [0.4, 0.5) is 5.69 Å². The van der Waals surface area contributed by atoms with E-state index >= 15 is 0 Å². The third-order valence-electron chi connectivity index (χ3n) is 4.88. The number of amides is 1. The number of hydrogen-bond acceptors (Lipinski definition) is 5. The van der Waals surface area contributed by atoms with Gasteiger partial charge in [-0.2, -0.15) is 0 Å². The second-order valence-corrected chi connectivity index (χ2v) is 6.40. The number of carbonyl (C=O) groups is 1. The quantitative estimate of drug-likeness (QED) is 0.699. The third-order valence-corrected chi connectivity index (χ3v) is 4.88. The molecule has 0 aromatic heterocycles. The van der Waals surface area contributed by atoms with Crippen LogP contribution < -0.4 is 10.2 Å². The lowest BCUT2D eigenvalue weighted by Crippen LogP contribution is -2.50. The van der Waals surface area contributed by atoms with Gasteiger partial charge in [0.2, 0.25) is 12.3 Å². The molecule has 2 aliphatic rings. The van der Waals surface area contributed by atoms with Crippen molar-refractivity contribution < 1.29 is 15.0 Å². The number of piperazine rings is 1. The molecule has 1 aromatic carbocycles. The van der Waals surface area contributed by atoms with Crippen molar-refractivity contribution >= 4 is 11.6 Å². The van der Waals surface area contributed by atoms with E-state index in [-0.39, 0.29) is 17.9 Å². The lowest BCUT2D eigenvalue weighted by Gasteiger charge is -2.37. The Bertz CT molecular complexity index is 515. The Morgan fingerprint density at radius 1 is 1.09 bits per heavy atom. The number of nitrogens with one attached hydrogen (secondary N) is 1. The average Bonchev–Trinajstić information content (AvgIpc) is 3.03. The molecule has 23 heavy (non-hydrogen) atoms. The van der Waals surface area contributed by atoms with Crippen LogP contribution in [-0.2, 0) is 4.79 Å². The summed E-state index contributed by atoms with van der Waals surface area (Å²) in [5, 5.41) is 20.6. The van der Waals surface area contributed by atoms with Crippen LogP contribution >= 0.6 is 0 Å². The van der Waals surface area contributed by atoms with E-state index in [2.05, 4.69) is 22.3 Å². The van der Waals surface area contributed by atoms with Gasteiger partial charge in [0.25, 0.3) is 0 Å². The molecule has 126 valence electrons. The molecule has 0 bridgehead atoms. The van der Waals surface area contributed by atoms with E-state index in [9.17, 15) is 4.79 Å². The van der Waals surface area contributed by atoms with E-state index in [1.54, 1.807) is 0 Å². The monoisotopic (exact) mass is 319 g/mol. The molecule has 1 aromatic rings. The van der Waals surface area contributed by atoms with Crippen molar-refractivity contribution in [3.8, 4) is 0 Å². The van der Waals surface area contributed by atoms with E-state index < -0.39 is 6.41 Å². The second-order valence-electron chi connectivity index (χ2n) is 6.40. The van der Waals surface area contributed by atoms with Crippen molar-refractivity contribution in [3.63, 3.8) is 0 Å². The summed E-state index contributed by atoms with van der Waals surface area (Å²) in [4.78, 5) is 16.9. The molecule has 6 nitrogen and oxygen atoms in total. The molecule has 3 rings (SSSR count). The zero-order valence-electron chi connectivity index (χ0n) is 13.3. The van der Waals surface area contributed by atoms with Gasteiger partial charge in [0.1, 0.15) is 0 Å². The molecule has 1 aliphatic heterocycles. The molecular weight excluding hydrogens is 294 g/mol. The summed E-state index contributed by atoms with van der Waals surface area (Å²) in [5.74, 6) is 0.226. The Balaban J connectivity index is 1.49. The molecular formula is C17H25N3O3. The lowest BCUT2D eigenvalue weighted by atomic mass is 10.1. The first-order chi connectivity index (χ1) is 11.1. The summed E-state index contributed by atoms with van der Waals surface area (Å²) in [6, 6.07) is 10.3. The Labute approximate surface area is 136 Å². The van der Waals surface area contributed by atoms with E-state index in [4.69, 9.17) is 10.2 Å². The molecule has 6 heteroatoms. The highest BCUT2D eigenvalue weighted by Crippen LogP contribution is 2.28. The maximum atomic E-state index is 12.6. The number of aliphatic hydroxyl groups is 2. The lowest BCUT2D eigenvalue weighted by molar-refractivity contribution is -0.135. The van der Waals surface area contributed by atoms with E-state index in [1.165, 1.54) is 5.69 Å². The van der Waals surface area contributed by atoms with Gasteiger partial charge in [0.15, 0.2) is 0 Å². The fourth-order valence-electron chi connectivity index (χ4n) is 3.65. The molecule has 1 aliphatic carbocycles. The highest BCUT2D eigenvalue weighted by atomic mass is 16.5. The summed E-state index contributed by atoms with van der Waals surface area (Å²) in [5.41, 5.74) is 1.21. The Hall–Kier alpha value is -1.63. The molecule has 2 atom stereocenters. The number of carbonyl (C=O) groups excluding carboxylic acids is 1. The van der Waals surface area contributed by atoms with Crippen molar-refractivity contribution in [3.05, 3.63) is 30.3 Å². The van der Waals surface area contributed by atoms with Gasteiger partial charge in [0, 0.05) is 43.8 Å². The predicted octanol–water partition coefficient (Wildman–Crippen LogP) is 0.362. The number of nitrogens with zero attached hydrogens (tertiary/aromatic N) is 2. The first kappa shape index (κ1) is 16.2. The highest BCUT2D eigenvalue weighted by molar-refractivity contribution is 5.79. The molecule has 1 saturated heterocycles. The topological polar surface area (TPSA) is 76.0 Å². The van der Waals surface area contributed by atoms with Crippen molar-refractivity contribution in [2.24, 2.45) is 5.92 Å². The largest absolute Gasteiger partial charge is 0.368 e. The minimum absolute atomic E-state index is 0.00882. The van der Waals surface area contributed by atoms with Crippen LogP contribution in [0.1, 0.15) is 19.3 Å². The first-order valence-electron chi connectivity index (χ1n) is 8.34. The van der Waals surface area contributed by atoms with Gasteiger partial charge >= 0.3 is 0 Å². The van der Waals surface area contributed by atoms with Gasteiger partial charge < -0.3 is 20.0 Å². The van der Waals surface area contributed by atoms with E-state index in [0.717, 1.165) is 39.0 Å². The molecule has 1 amide bonds. The minimum atomic E-state index is -1.50. The smallest absolute Gasteiger partial charge is 0.225 e. The first-order valence-corrected chi connectivity index (χ1v) is 8.34. The van der Waals surface area contributed by atoms with Gasteiger partial charge in [0.05, 0.1) is 0 Å². The fourth-order valence-corrected chi connectivity index (χ4v) is 3.65. The second kappa shape index (κ2) is 7.29. The van der Waals surface area contributed by atoms with Gasteiger partial charge in [-0.3, -0.25) is 10.1 Å². The van der Waals surface area contributed by atoms with E-state index in [0.29, 0.717) is 6.42 Å². The van der Waals surface area contributed by atoms with Crippen LogP contribution in [-0.4, -0.2) is 59.7 Å². The molecule has 2 fully saturated rings. The van der Waals surface area contributed by atoms with E-state index in [1.807, 2.05) is 23.1 Å². The normalized spacial score (nSPS) is 25.2. The van der Waals surface area contributed by atoms with Crippen LogP contribution in [0.5, 0.6) is 0 Å². The van der Waals surface area contributed by atoms with Crippen molar-refractivity contribution in [1.29, 1.82) is 0 Å². The minimum Gasteiger partial charge on any atom is -0.368 e. The maximum absolute atomic E-state index is 12.6. The molecule has 1 heterocycles. The summed E-state index contributed by atoms with van der Waals surface area (Å²) < 4.78 is 0. The van der Waals surface area contributed by atoms with Crippen molar-refractivity contribution in [2.45, 2.75) is 31.7 Å². The zero-order valence-corrected chi connectivity index (χ0v) is 13.3. The molecule has 0 radical (unpaired) electrons. The summed E-state index contributed by atoms with van der Waals surface area (Å²) in [7, 11) is 0. The standard InChI is InChI=1S/C17H25N3O3/c21-16(13-6-7-14(12-13)18-17(22)23)20-10-8-19(9-11-20)15-4-2-1-3-5-15/h1-5,13-14,17-18,22-23H,6-12H2/t13-,14-/m0/s1.